The van der Waals surface area contributed by atoms with Crippen molar-refractivity contribution >= 4 is 27.7 Å². The number of rotatable bonds is 8. The molecule has 1 N–H and O–H groups in total. The fourth-order valence-corrected chi connectivity index (χ4v) is 5.68. The molecule has 1 amide bonds. The van der Waals surface area contributed by atoms with Crippen LogP contribution in [-0.2, 0) is 16.6 Å². The maximum Gasteiger partial charge on any atom is 0.255 e. The summed E-state index contributed by atoms with van der Waals surface area (Å²) in [5.41, 5.74) is 2.40. The lowest BCUT2D eigenvalue weighted by Gasteiger charge is -2.30. The highest BCUT2D eigenvalue weighted by atomic mass is 32.2. The number of hydrogen-bond acceptors (Lipinski definition) is 7. The number of likely N-dealkylation sites (tertiary alicyclic amines) is 1. The molecule has 1 fully saturated rings. The molecule has 0 aliphatic carbocycles. The zero-order chi connectivity index (χ0) is 25.9. The van der Waals surface area contributed by atoms with Gasteiger partial charge in [-0.05, 0) is 54.7 Å². The van der Waals surface area contributed by atoms with Gasteiger partial charge in [-0.25, -0.2) is 13.1 Å². The van der Waals surface area contributed by atoms with E-state index in [9.17, 15) is 13.2 Å². The van der Waals surface area contributed by atoms with E-state index < -0.39 is 10.0 Å². The average molecular weight is 529 g/mol. The van der Waals surface area contributed by atoms with Crippen molar-refractivity contribution in [2.75, 3.05) is 19.3 Å². The van der Waals surface area contributed by atoms with Crippen molar-refractivity contribution in [3.05, 3.63) is 59.5 Å². The summed E-state index contributed by atoms with van der Waals surface area (Å²) >= 11 is 1.42. The van der Waals surface area contributed by atoms with Crippen molar-refractivity contribution in [2.24, 2.45) is 5.92 Å². The highest BCUT2D eigenvalue weighted by molar-refractivity contribution is 7.98. The number of piperidine rings is 1. The van der Waals surface area contributed by atoms with E-state index >= 15 is 0 Å². The van der Waals surface area contributed by atoms with Crippen molar-refractivity contribution in [3.63, 3.8) is 0 Å². The smallest absolute Gasteiger partial charge is 0.255 e. The predicted octanol–water partition coefficient (Wildman–Crippen LogP) is 4.93. The maximum absolute atomic E-state index is 13.2. The Morgan fingerprint density at radius 1 is 1.17 bits per heavy atom. The molecule has 1 saturated heterocycles. The number of amides is 1. The normalized spacial score (nSPS) is 15.0. The summed E-state index contributed by atoms with van der Waals surface area (Å²) in [4.78, 5) is 20.1. The SMILES string of the molecule is CSc1ccc(S(=O)(=O)NCc2nc(-c3ccc(C(C)C)cc3)no2)cc1C(=O)N1CCC(C)CC1. The number of hydrogen-bond donors (Lipinski definition) is 1. The molecule has 1 aliphatic heterocycles. The van der Waals surface area contributed by atoms with Crippen LogP contribution < -0.4 is 4.72 Å². The Labute approximate surface area is 216 Å². The van der Waals surface area contributed by atoms with Gasteiger partial charge in [-0.2, -0.15) is 4.98 Å². The number of nitrogens with one attached hydrogen (secondary N) is 1. The van der Waals surface area contributed by atoms with Gasteiger partial charge in [0.25, 0.3) is 5.91 Å². The van der Waals surface area contributed by atoms with Gasteiger partial charge in [0.2, 0.25) is 21.7 Å². The van der Waals surface area contributed by atoms with E-state index in [1.165, 1.54) is 29.5 Å². The molecule has 0 atom stereocenters. The molecular weight excluding hydrogens is 496 g/mol. The van der Waals surface area contributed by atoms with Crippen LogP contribution in [0.5, 0.6) is 0 Å². The van der Waals surface area contributed by atoms with Gasteiger partial charge in [0.15, 0.2) is 0 Å². The fourth-order valence-electron chi connectivity index (χ4n) is 4.10. The minimum atomic E-state index is -3.91. The molecule has 10 heteroatoms. The van der Waals surface area contributed by atoms with Crippen LogP contribution in [0.1, 0.15) is 61.3 Å². The highest BCUT2D eigenvalue weighted by Crippen LogP contribution is 2.27. The van der Waals surface area contributed by atoms with Crippen molar-refractivity contribution < 1.29 is 17.7 Å². The minimum Gasteiger partial charge on any atom is -0.339 e. The highest BCUT2D eigenvalue weighted by Gasteiger charge is 2.25. The summed E-state index contributed by atoms with van der Waals surface area (Å²) in [5.74, 6) is 1.43. The molecule has 1 aliphatic rings. The first-order valence-corrected chi connectivity index (χ1v) is 14.8. The first-order chi connectivity index (χ1) is 17.2. The maximum atomic E-state index is 13.2. The molecule has 0 unspecified atom stereocenters. The van der Waals surface area contributed by atoms with Crippen LogP contribution in [0.25, 0.3) is 11.4 Å². The van der Waals surface area contributed by atoms with Crippen molar-refractivity contribution in [1.29, 1.82) is 0 Å². The fraction of sp³-hybridized carbons (Fsp3) is 0.423. The lowest BCUT2D eigenvalue weighted by molar-refractivity contribution is 0.0693. The number of thioether (sulfide) groups is 1. The van der Waals surface area contributed by atoms with E-state index in [1.807, 2.05) is 35.4 Å². The molecule has 8 nitrogen and oxygen atoms in total. The Morgan fingerprint density at radius 2 is 1.86 bits per heavy atom. The van der Waals surface area contributed by atoms with E-state index in [-0.39, 0.29) is 23.2 Å². The summed E-state index contributed by atoms with van der Waals surface area (Å²) in [5, 5.41) is 3.98. The lowest BCUT2D eigenvalue weighted by Crippen LogP contribution is -2.38. The molecule has 4 rings (SSSR count). The average Bonchev–Trinajstić information content (AvgIpc) is 3.36. The second kappa shape index (κ2) is 11.1. The molecule has 2 heterocycles. The van der Waals surface area contributed by atoms with Gasteiger partial charge in [-0.3, -0.25) is 4.79 Å². The number of aromatic nitrogens is 2. The molecule has 0 spiro atoms. The standard InChI is InChI=1S/C26H32N4O4S2/c1-17(2)19-5-7-20(8-6-19)25-28-24(34-29-25)16-27-36(32,33)21-9-10-23(35-4)22(15-21)26(31)30-13-11-18(3)12-14-30/h5-10,15,17-18,27H,11-14,16H2,1-4H3. The minimum absolute atomic E-state index is 0.0260. The van der Waals surface area contributed by atoms with Crippen LogP contribution in [-0.4, -0.2) is 48.7 Å². The lowest BCUT2D eigenvalue weighted by atomic mass is 9.98. The Bertz CT molecular complexity index is 1310. The number of nitrogens with zero attached hydrogens (tertiary/aromatic N) is 3. The van der Waals surface area contributed by atoms with Gasteiger partial charge in [0.1, 0.15) is 0 Å². The molecule has 1 aromatic heterocycles. The van der Waals surface area contributed by atoms with E-state index in [0.29, 0.717) is 36.3 Å². The summed E-state index contributed by atoms with van der Waals surface area (Å²) in [6, 6.07) is 12.5. The van der Waals surface area contributed by atoms with E-state index in [0.717, 1.165) is 23.3 Å². The predicted molar refractivity (Wildman–Crippen MR) is 140 cm³/mol. The summed E-state index contributed by atoms with van der Waals surface area (Å²) < 4.78 is 33.9. The van der Waals surface area contributed by atoms with Crippen LogP contribution in [0, 0.1) is 5.92 Å². The topological polar surface area (TPSA) is 105 Å². The second-order valence-corrected chi connectivity index (χ2v) is 12.1. The molecule has 0 radical (unpaired) electrons. The molecule has 36 heavy (non-hydrogen) atoms. The number of carbonyl (C=O) groups excluding carboxylic acids is 1. The third-order valence-corrected chi connectivity index (χ3v) is 8.69. The molecular formula is C26H32N4O4S2. The van der Waals surface area contributed by atoms with Gasteiger partial charge >= 0.3 is 0 Å². The van der Waals surface area contributed by atoms with Gasteiger partial charge < -0.3 is 9.42 Å². The third kappa shape index (κ3) is 5.99. The first-order valence-electron chi connectivity index (χ1n) is 12.1. The van der Waals surface area contributed by atoms with Crippen LogP contribution in [0.3, 0.4) is 0 Å². The van der Waals surface area contributed by atoms with Crippen molar-refractivity contribution in [3.8, 4) is 11.4 Å². The van der Waals surface area contributed by atoms with Gasteiger partial charge in [0.05, 0.1) is 17.0 Å². The summed E-state index contributed by atoms with van der Waals surface area (Å²) in [7, 11) is -3.91. The van der Waals surface area contributed by atoms with Crippen molar-refractivity contribution in [1.82, 2.24) is 19.8 Å². The van der Waals surface area contributed by atoms with Gasteiger partial charge in [-0.15, -0.1) is 11.8 Å². The monoisotopic (exact) mass is 528 g/mol. The second-order valence-electron chi connectivity index (χ2n) is 9.45. The Kier molecular flexibility index (Phi) is 8.17. The number of sulfonamides is 1. The summed E-state index contributed by atoms with van der Waals surface area (Å²) in [6.07, 6.45) is 3.78. The van der Waals surface area contributed by atoms with Crippen LogP contribution in [0.4, 0.5) is 0 Å². The zero-order valence-electron chi connectivity index (χ0n) is 21.0. The molecule has 3 aromatic rings. The van der Waals surface area contributed by atoms with E-state index in [4.69, 9.17) is 4.52 Å². The Hall–Kier alpha value is -2.69. The third-order valence-electron chi connectivity index (χ3n) is 6.50. The van der Waals surface area contributed by atoms with Crippen LogP contribution in [0.2, 0.25) is 0 Å². The number of benzene rings is 2. The van der Waals surface area contributed by atoms with Crippen LogP contribution in [0.15, 0.2) is 56.8 Å². The molecule has 192 valence electrons. The van der Waals surface area contributed by atoms with Crippen LogP contribution >= 0.6 is 11.8 Å². The van der Waals surface area contributed by atoms with Crippen molar-refractivity contribution in [2.45, 2.75) is 55.9 Å². The summed E-state index contributed by atoms with van der Waals surface area (Å²) in [6.45, 7) is 7.63. The Balaban J connectivity index is 1.47. The van der Waals surface area contributed by atoms with Gasteiger partial charge in [-0.1, -0.05) is 50.2 Å². The molecule has 0 bridgehead atoms. The number of carbonyl (C=O) groups is 1. The van der Waals surface area contributed by atoms with E-state index in [1.54, 1.807) is 6.07 Å². The zero-order valence-corrected chi connectivity index (χ0v) is 22.7. The molecule has 2 aromatic carbocycles. The quantitative estimate of drug-likeness (QED) is 0.413. The largest absolute Gasteiger partial charge is 0.339 e. The Morgan fingerprint density at radius 3 is 2.50 bits per heavy atom. The molecule has 0 saturated carbocycles. The van der Waals surface area contributed by atoms with Gasteiger partial charge in [0, 0.05) is 23.5 Å². The van der Waals surface area contributed by atoms with E-state index in [2.05, 4.69) is 35.6 Å². The first kappa shape index (κ1) is 26.4.